The zero-order valence-electron chi connectivity index (χ0n) is 9.03. The lowest BCUT2D eigenvalue weighted by atomic mass is 9.99. The van der Waals surface area contributed by atoms with E-state index in [1.807, 2.05) is 16.8 Å². The van der Waals surface area contributed by atoms with Crippen LogP contribution >= 0.6 is 11.3 Å². The molecule has 1 heterocycles. The number of hydrogen-bond donors (Lipinski definition) is 1. The van der Waals surface area contributed by atoms with Gasteiger partial charge in [-0.05, 0) is 48.1 Å². The molecule has 1 aliphatic carbocycles. The van der Waals surface area contributed by atoms with Gasteiger partial charge < -0.3 is 5.32 Å². The Morgan fingerprint density at radius 1 is 1.56 bits per heavy atom. The van der Waals surface area contributed by atoms with E-state index >= 15 is 0 Å². The van der Waals surface area contributed by atoms with Crippen LogP contribution in [0.25, 0.3) is 0 Å². The molecule has 4 heteroatoms. The van der Waals surface area contributed by atoms with Crippen molar-refractivity contribution in [3.05, 3.63) is 22.4 Å². The van der Waals surface area contributed by atoms with Crippen LogP contribution in [0.2, 0.25) is 0 Å². The average Bonchev–Trinajstić information content (AvgIpc) is 2.90. The summed E-state index contributed by atoms with van der Waals surface area (Å²) >= 11 is 1.58. The van der Waals surface area contributed by atoms with Crippen molar-refractivity contribution in [2.75, 3.05) is 0 Å². The SMILES string of the molecule is N#CC1(NC(=O)Cc2ccsc2)CCCC1. The van der Waals surface area contributed by atoms with Crippen LogP contribution in [0.3, 0.4) is 0 Å². The molecule has 0 radical (unpaired) electrons. The maximum Gasteiger partial charge on any atom is 0.225 e. The highest BCUT2D eigenvalue weighted by Crippen LogP contribution is 2.28. The van der Waals surface area contributed by atoms with Gasteiger partial charge in [0.2, 0.25) is 5.91 Å². The number of hydrogen-bond acceptors (Lipinski definition) is 3. The topological polar surface area (TPSA) is 52.9 Å². The van der Waals surface area contributed by atoms with E-state index in [0.717, 1.165) is 31.2 Å². The van der Waals surface area contributed by atoms with Gasteiger partial charge in [-0.25, -0.2) is 0 Å². The second-order valence-electron chi connectivity index (χ2n) is 4.26. The van der Waals surface area contributed by atoms with Crippen LogP contribution in [0.15, 0.2) is 16.8 Å². The Morgan fingerprint density at radius 3 is 2.88 bits per heavy atom. The largest absolute Gasteiger partial charge is 0.338 e. The second kappa shape index (κ2) is 4.67. The number of rotatable bonds is 3. The van der Waals surface area contributed by atoms with Gasteiger partial charge in [0.1, 0.15) is 5.54 Å². The van der Waals surface area contributed by atoms with Gasteiger partial charge in [-0.1, -0.05) is 0 Å². The second-order valence-corrected chi connectivity index (χ2v) is 5.04. The Hall–Kier alpha value is -1.34. The van der Waals surface area contributed by atoms with Crippen LogP contribution in [-0.4, -0.2) is 11.4 Å². The van der Waals surface area contributed by atoms with Crippen LogP contribution in [0, 0.1) is 11.3 Å². The summed E-state index contributed by atoms with van der Waals surface area (Å²) in [5.41, 5.74) is 0.432. The van der Waals surface area contributed by atoms with Gasteiger partial charge in [-0.3, -0.25) is 4.79 Å². The molecule has 0 aromatic carbocycles. The summed E-state index contributed by atoms with van der Waals surface area (Å²) in [6, 6.07) is 4.20. The van der Waals surface area contributed by atoms with E-state index in [9.17, 15) is 4.79 Å². The van der Waals surface area contributed by atoms with Crippen molar-refractivity contribution in [2.24, 2.45) is 0 Å². The summed E-state index contributed by atoms with van der Waals surface area (Å²) in [4.78, 5) is 11.8. The minimum absolute atomic E-state index is 0.0400. The van der Waals surface area contributed by atoms with Gasteiger partial charge in [0.15, 0.2) is 0 Å². The summed E-state index contributed by atoms with van der Waals surface area (Å²) in [6.07, 6.45) is 4.03. The molecule has 0 bridgehead atoms. The van der Waals surface area contributed by atoms with Gasteiger partial charge in [-0.15, -0.1) is 0 Å². The Labute approximate surface area is 99.1 Å². The maximum absolute atomic E-state index is 11.8. The Morgan fingerprint density at radius 2 is 2.31 bits per heavy atom. The molecule has 1 N–H and O–H groups in total. The molecular weight excluding hydrogens is 220 g/mol. The van der Waals surface area contributed by atoms with Crippen molar-refractivity contribution in [1.82, 2.24) is 5.32 Å². The van der Waals surface area contributed by atoms with Crippen LogP contribution in [0.1, 0.15) is 31.2 Å². The summed E-state index contributed by atoms with van der Waals surface area (Å²) in [7, 11) is 0. The minimum Gasteiger partial charge on any atom is -0.338 e. The molecule has 1 aromatic rings. The minimum atomic E-state index is -0.590. The normalized spacial score (nSPS) is 17.9. The van der Waals surface area contributed by atoms with E-state index in [0.29, 0.717) is 6.42 Å². The number of carbonyl (C=O) groups is 1. The van der Waals surface area contributed by atoms with E-state index in [1.54, 1.807) is 11.3 Å². The molecule has 3 nitrogen and oxygen atoms in total. The third-order valence-corrected chi connectivity index (χ3v) is 3.73. The molecule has 1 amide bonds. The van der Waals surface area contributed by atoms with E-state index in [4.69, 9.17) is 5.26 Å². The number of amides is 1. The zero-order valence-corrected chi connectivity index (χ0v) is 9.85. The van der Waals surface area contributed by atoms with Crippen molar-refractivity contribution in [1.29, 1.82) is 5.26 Å². The van der Waals surface area contributed by atoms with Gasteiger partial charge in [-0.2, -0.15) is 16.6 Å². The molecule has 0 aliphatic heterocycles. The molecule has 2 rings (SSSR count). The third-order valence-electron chi connectivity index (χ3n) is 2.99. The van der Waals surface area contributed by atoms with Gasteiger partial charge >= 0.3 is 0 Å². The van der Waals surface area contributed by atoms with E-state index in [-0.39, 0.29) is 5.91 Å². The number of nitrogens with one attached hydrogen (secondary N) is 1. The van der Waals surface area contributed by atoms with Crippen LogP contribution in [0.5, 0.6) is 0 Å². The van der Waals surface area contributed by atoms with Crippen molar-refractivity contribution < 1.29 is 4.79 Å². The summed E-state index contributed by atoms with van der Waals surface area (Å²) in [6.45, 7) is 0. The van der Waals surface area contributed by atoms with E-state index < -0.39 is 5.54 Å². The monoisotopic (exact) mass is 234 g/mol. The molecule has 1 saturated carbocycles. The number of nitriles is 1. The van der Waals surface area contributed by atoms with Gasteiger partial charge in [0, 0.05) is 0 Å². The van der Waals surface area contributed by atoms with Crippen molar-refractivity contribution in [3.63, 3.8) is 0 Å². The van der Waals surface area contributed by atoms with Crippen molar-refractivity contribution >= 4 is 17.2 Å². The summed E-state index contributed by atoms with van der Waals surface area (Å²) in [5, 5.41) is 15.9. The smallest absolute Gasteiger partial charge is 0.225 e. The van der Waals surface area contributed by atoms with Crippen molar-refractivity contribution in [2.45, 2.75) is 37.6 Å². The van der Waals surface area contributed by atoms with E-state index in [2.05, 4.69) is 11.4 Å². The van der Waals surface area contributed by atoms with Gasteiger partial charge in [0.05, 0.1) is 12.5 Å². The number of nitrogens with zero attached hydrogens (tertiary/aromatic N) is 1. The van der Waals surface area contributed by atoms with Crippen LogP contribution in [0.4, 0.5) is 0 Å². The summed E-state index contributed by atoms with van der Waals surface area (Å²) in [5.74, 6) is -0.0400. The highest BCUT2D eigenvalue weighted by Gasteiger charge is 2.35. The molecule has 84 valence electrons. The lowest BCUT2D eigenvalue weighted by molar-refractivity contribution is -0.121. The van der Waals surface area contributed by atoms with Gasteiger partial charge in [0.25, 0.3) is 0 Å². The molecule has 16 heavy (non-hydrogen) atoms. The zero-order chi connectivity index (χ0) is 11.4. The van der Waals surface area contributed by atoms with E-state index in [1.165, 1.54) is 0 Å². The third kappa shape index (κ3) is 2.42. The first-order chi connectivity index (χ1) is 7.74. The molecule has 0 saturated heterocycles. The predicted molar refractivity (Wildman–Crippen MR) is 63.0 cm³/mol. The molecule has 0 atom stereocenters. The maximum atomic E-state index is 11.8. The van der Waals surface area contributed by atoms with Crippen LogP contribution in [-0.2, 0) is 11.2 Å². The predicted octanol–water partition coefficient (Wildman–Crippen LogP) is 2.24. The van der Waals surface area contributed by atoms with Crippen LogP contribution < -0.4 is 5.32 Å². The number of thiophene rings is 1. The summed E-state index contributed by atoms with van der Waals surface area (Å²) < 4.78 is 0. The fraction of sp³-hybridized carbons (Fsp3) is 0.500. The first-order valence-corrected chi connectivity index (χ1v) is 6.42. The van der Waals surface area contributed by atoms with Crippen molar-refractivity contribution in [3.8, 4) is 6.07 Å². The Bertz CT molecular complexity index is 399. The molecule has 0 unspecified atom stereocenters. The Kier molecular flexibility index (Phi) is 3.25. The highest BCUT2D eigenvalue weighted by molar-refractivity contribution is 7.07. The fourth-order valence-corrected chi connectivity index (χ4v) is 2.80. The quantitative estimate of drug-likeness (QED) is 0.872. The molecule has 0 spiro atoms. The standard InChI is InChI=1S/C12H14N2OS/c13-9-12(4-1-2-5-12)14-11(15)7-10-3-6-16-8-10/h3,6,8H,1-2,4-5,7H2,(H,14,15). The molecular formula is C12H14N2OS. The lowest BCUT2D eigenvalue weighted by Crippen LogP contribution is -2.45. The fourth-order valence-electron chi connectivity index (χ4n) is 2.13. The Balaban J connectivity index is 1.94. The molecule has 1 fully saturated rings. The average molecular weight is 234 g/mol. The number of carbonyl (C=O) groups excluding carboxylic acids is 1. The highest BCUT2D eigenvalue weighted by atomic mass is 32.1. The first-order valence-electron chi connectivity index (χ1n) is 5.47. The molecule has 1 aliphatic rings. The lowest BCUT2D eigenvalue weighted by Gasteiger charge is -2.21. The molecule has 1 aromatic heterocycles. The first kappa shape index (κ1) is 11.2.